The maximum atomic E-state index is 12.5. The van der Waals surface area contributed by atoms with Gasteiger partial charge in [-0.25, -0.2) is 9.59 Å². The predicted molar refractivity (Wildman–Crippen MR) is 120 cm³/mol. The number of benzene rings is 2. The van der Waals surface area contributed by atoms with Crippen molar-refractivity contribution >= 4 is 40.1 Å². The molecule has 1 aliphatic rings. The lowest BCUT2D eigenvalue weighted by atomic mass is 9.95. The predicted octanol–water partition coefficient (Wildman–Crippen LogP) is 4.64. The van der Waals surface area contributed by atoms with Gasteiger partial charge in [0.2, 0.25) is 0 Å². The van der Waals surface area contributed by atoms with E-state index in [4.69, 9.17) is 20.8 Å². The zero-order valence-corrected chi connectivity index (χ0v) is 18.1. The van der Waals surface area contributed by atoms with Gasteiger partial charge in [0.1, 0.15) is 21.9 Å². The second-order valence-corrected chi connectivity index (χ2v) is 8.18. The number of ether oxygens (including phenoxy) is 1. The highest BCUT2D eigenvalue weighted by atomic mass is 35.5. The van der Waals surface area contributed by atoms with Gasteiger partial charge in [-0.3, -0.25) is 14.9 Å². The summed E-state index contributed by atoms with van der Waals surface area (Å²) < 4.78 is 10.5. The second-order valence-electron chi connectivity index (χ2n) is 7.77. The number of nitro benzene ring substituents is 1. The molecule has 4 rings (SSSR count). The van der Waals surface area contributed by atoms with E-state index in [1.54, 1.807) is 6.07 Å². The SMILES string of the molecule is O=C(Oc1ccc2cc(C(=O)NC3CCCCC3)c(=O)oc2c1)c1ccc(Cl)c([N+](=O)[O-])c1. The van der Waals surface area contributed by atoms with E-state index < -0.39 is 28.1 Å². The Bertz CT molecular complexity index is 1310. The van der Waals surface area contributed by atoms with Crippen LogP contribution in [0.5, 0.6) is 5.75 Å². The van der Waals surface area contributed by atoms with Crippen LogP contribution in [0.1, 0.15) is 52.8 Å². The lowest BCUT2D eigenvalue weighted by Gasteiger charge is -2.22. The van der Waals surface area contributed by atoms with E-state index in [0.29, 0.717) is 5.39 Å². The number of rotatable bonds is 5. The van der Waals surface area contributed by atoms with E-state index in [2.05, 4.69) is 5.32 Å². The molecule has 1 amide bonds. The smallest absolute Gasteiger partial charge is 0.349 e. The van der Waals surface area contributed by atoms with Crippen LogP contribution in [0, 0.1) is 10.1 Å². The Morgan fingerprint density at radius 1 is 1.09 bits per heavy atom. The Morgan fingerprint density at radius 2 is 1.85 bits per heavy atom. The standard InChI is InChI=1S/C23H19ClN2O7/c24-18-9-7-14(11-19(18)26(30)31)22(28)32-16-8-6-13-10-17(23(29)33-20(13)12-16)21(27)25-15-4-2-1-3-5-15/h6-12,15H,1-5H2,(H,25,27). The molecule has 3 aromatic rings. The van der Waals surface area contributed by atoms with E-state index in [-0.39, 0.29) is 33.5 Å². The van der Waals surface area contributed by atoms with Gasteiger partial charge in [-0.1, -0.05) is 30.9 Å². The molecule has 0 bridgehead atoms. The topological polar surface area (TPSA) is 129 Å². The highest BCUT2D eigenvalue weighted by Gasteiger charge is 2.21. The molecule has 0 saturated heterocycles. The van der Waals surface area contributed by atoms with Crippen molar-refractivity contribution < 1.29 is 23.7 Å². The van der Waals surface area contributed by atoms with Crippen molar-refractivity contribution in [3.05, 3.63) is 79.1 Å². The third-order valence-corrected chi connectivity index (χ3v) is 5.80. The normalized spacial score (nSPS) is 14.1. The first-order chi connectivity index (χ1) is 15.8. The minimum Gasteiger partial charge on any atom is -0.423 e. The summed E-state index contributed by atoms with van der Waals surface area (Å²) in [5.74, 6) is -1.26. The number of hydrogen-bond donors (Lipinski definition) is 1. The third kappa shape index (κ3) is 5.04. The molecule has 1 aromatic heterocycles. The van der Waals surface area contributed by atoms with Crippen LogP contribution in [0.15, 0.2) is 51.7 Å². The molecule has 170 valence electrons. The average molecular weight is 471 g/mol. The third-order valence-electron chi connectivity index (χ3n) is 5.48. The number of nitro groups is 1. The fourth-order valence-electron chi connectivity index (χ4n) is 3.77. The molecular weight excluding hydrogens is 452 g/mol. The Morgan fingerprint density at radius 3 is 2.58 bits per heavy atom. The summed E-state index contributed by atoms with van der Waals surface area (Å²) in [6, 6.07) is 9.38. The molecule has 0 spiro atoms. The first-order valence-electron chi connectivity index (χ1n) is 10.4. The molecule has 1 N–H and O–H groups in total. The van der Waals surface area contributed by atoms with E-state index in [9.17, 15) is 24.5 Å². The molecule has 1 saturated carbocycles. The fourth-order valence-corrected chi connectivity index (χ4v) is 3.96. The first-order valence-corrected chi connectivity index (χ1v) is 10.7. The average Bonchev–Trinajstić information content (AvgIpc) is 2.79. The van der Waals surface area contributed by atoms with E-state index in [1.165, 1.54) is 30.3 Å². The molecule has 0 unspecified atom stereocenters. The molecule has 10 heteroatoms. The summed E-state index contributed by atoms with van der Waals surface area (Å²) in [7, 11) is 0. The van der Waals surface area contributed by atoms with Gasteiger partial charge in [-0.05, 0) is 43.2 Å². The number of carbonyl (C=O) groups excluding carboxylic acids is 2. The van der Waals surface area contributed by atoms with Crippen LogP contribution in [0.2, 0.25) is 5.02 Å². The van der Waals surface area contributed by atoms with Gasteiger partial charge in [0.15, 0.2) is 0 Å². The second kappa shape index (κ2) is 9.41. The lowest BCUT2D eigenvalue weighted by Crippen LogP contribution is -2.38. The largest absolute Gasteiger partial charge is 0.423 e. The molecule has 2 aromatic carbocycles. The van der Waals surface area contributed by atoms with Crippen LogP contribution in [0.4, 0.5) is 5.69 Å². The summed E-state index contributed by atoms with van der Waals surface area (Å²) in [6.45, 7) is 0. The van der Waals surface area contributed by atoms with Crippen molar-refractivity contribution in [2.24, 2.45) is 0 Å². The van der Waals surface area contributed by atoms with Crippen molar-refractivity contribution in [2.75, 3.05) is 0 Å². The number of carbonyl (C=O) groups is 2. The van der Waals surface area contributed by atoms with Gasteiger partial charge >= 0.3 is 11.6 Å². The molecule has 1 aliphatic carbocycles. The van der Waals surface area contributed by atoms with Crippen molar-refractivity contribution in [2.45, 2.75) is 38.1 Å². The molecule has 1 fully saturated rings. The van der Waals surface area contributed by atoms with Crippen LogP contribution in [-0.2, 0) is 0 Å². The van der Waals surface area contributed by atoms with Gasteiger partial charge < -0.3 is 14.5 Å². The van der Waals surface area contributed by atoms with Gasteiger partial charge in [0.25, 0.3) is 11.6 Å². The molecule has 1 heterocycles. The van der Waals surface area contributed by atoms with Crippen molar-refractivity contribution in [3.8, 4) is 5.75 Å². The van der Waals surface area contributed by atoms with E-state index in [1.807, 2.05) is 0 Å². The van der Waals surface area contributed by atoms with E-state index >= 15 is 0 Å². The fraction of sp³-hybridized carbons (Fsp3) is 0.261. The Kier molecular flexibility index (Phi) is 6.41. The Balaban J connectivity index is 1.54. The summed E-state index contributed by atoms with van der Waals surface area (Å²) >= 11 is 5.76. The number of nitrogens with one attached hydrogen (secondary N) is 1. The Hall–Kier alpha value is -3.72. The maximum absolute atomic E-state index is 12.5. The van der Waals surface area contributed by atoms with Crippen LogP contribution in [0.25, 0.3) is 11.0 Å². The van der Waals surface area contributed by atoms with Gasteiger partial charge in [-0.2, -0.15) is 0 Å². The quantitative estimate of drug-likeness (QED) is 0.189. The number of fused-ring (bicyclic) bond motifs is 1. The number of nitrogens with zero attached hydrogens (tertiary/aromatic N) is 1. The van der Waals surface area contributed by atoms with Gasteiger partial charge in [-0.15, -0.1) is 0 Å². The highest BCUT2D eigenvalue weighted by Crippen LogP contribution is 2.27. The van der Waals surface area contributed by atoms with Crippen molar-refractivity contribution in [1.29, 1.82) is 0 Å². The molecular formula is C23H19ClN2O7. The zero-order chi connectivity index (χ0) is 23.5. The Labute approximate surface area is 192 Å². The number of hydrogen-bond acceptors (Lipinski definition) is 7. The van der Waals surface area contributed by atoms with Gasteiger partial charge in [0, 0.05) is 23.6 Å². The number of esters is 1. The monoisotopic (exact) mass is 470 g/mol. The summed E-state index contributed by atoms with van der Waals surface area (Å²) in [6.07, 6.45) is 5.00. The van der Waals surface area contributed by atoms with E-state index in [0.717, 1.165) is 38.2 Å². The van der Waals surface area contributed by atoms with Crippen molar-refractivity contribution in [1.82, 2.24) is 5.32 Å². The molecule has 0 aliphatic heterocycles. The lowest BCUT2D eigenvalue weighted by molar-refractivity contribution is -0.384. The zero-order valence-electron chi connectivity index (χ0n) is 17.3. The van der Waals surface area contributed by atoms with Crippen LogP contribution < -0.4 is 15.7 Å². The summed E-state index contributed by atoms with van der Waals surface area (Å²) in [4.78, 5) is 47.7. The number of halogens is 1. The minimum atomic E-state index is -0.847. The molecule has 33 heavy (non-hydrogen) atoms. The molecule has 0 atom stereocenters. The number of amides is 1. The van der Waals surface area contributed by atoms with Crippen molar-refractivity contribution in [3.63, 3.8) is 0 Å². The first kappa shape index (κ1) is 22.5. The maximum Gasteiger partial charge on any atom is 0.349 e. The summed E-state index contributed by atoms with van der Waals surface area (Å²) in [5, 5.41) is 14.3. The van der Waals surface area contributed by atoms with Crippen LogP contribution in [-0.4, -0.2) is 22.8 Å². The summed E-state index contributed by atoms with van der Waals surface area (Å²) in [5.41, 5.74) is -1.25. The van der Waals surface area contributed by atoms with Gasteiger partial charge in [0.05, 0.1) is 10.5 Å². The van der Waals surface area contributed by atoms with Crippen LogP contribution >= 0.6 is 11.6 Å². The molecule has 9 nitrogen and oxygen atoms in total. The van der Waals surface area contributed by atoms with Crippen LogP contribution in [0.3, 0.4) is 0 Å². The molecule has 0 radical (unpaired) electrons. The minimum absolute atomic E-state index is 0.0480. The highest BCUT2D eigenvalue weighted by molar-refractivity contribution is 6.32.